The molecule has 0 saturated carbocycles. The van der Waals surface area contributed by atoms with Crippen LogP contribution in [0.2, 0.25) is 0 Å². The van der Waals surface area contributed by atoms with Crippen LogP contribution < -0.4 is 10.9 Å². The Kier molecular flexibility index (Phi) is 4.00. The molecule has 0 aliphatic carbocycles. The van der Waals surface area contributed by atoms with Crippen molar-refractivity contribution in [2.24, 2.45) is 7.05 Å². The zero-order valence-electron chi connectivity index (χ0n) is 12.9. The van der Waals surface area contributed by atoms with Crippen LogP contribution in [0.5, 0.6) is 0 Å². The fraction of sp³-hybridized carbons (Fsp3) is 0.0556. The third-order valence-electron chi connectivity index (χ3n) is 3.71. The van der Waals surface area contributed by atoms with E-state index in [1.807, 2.05) is 41.9 Å². The van der Waals surface area contributed by atoms with Crippen LogP contribution in [0, 0.1) is 11.3 Å². The van der Waals surface area contributed by atoms with Crippen LogP contribution in [0.25, 0.3) is 10.9 Å². The van der Waals surface area contributed by atoms with Gasteiger partial charge in [0.05, 0.1) is 17.2 Å². The first kappa shape index (κ1) is 15.3. The highest BCUT2D eigenvalue weighted by Gasteiger charge is 2.14. The summed E-state index contributed by atoms with van der Waals surface area (Å²) in [4.78, 5) is 24.4. The molecule has 0 unspecified atom stereocenters. The molecule has 6 nitrogen and oxygen atoms in total. The number of aromatic nitrogens is 1. The lowest BCUT2D eigenvalue weighted by atomic mass is 10.1. The summed E-state index contributed by atoms with van der Waals surface area (Å²) in [7, 11) is 1.86. The normalized spacial score (nSPS) is 10.2. The molecule has 118 valence electrons. The van der Waals surface area contributed by atoms with Crippen molar-refractivity contribution in [2.75, 3.05) is 0 Å². The molecule has 0 radical (unpaired) electrons. The molecule has 0 spiro atoms. The van der Waals surface area contributed by atoms with Gasteiger partial charge in [0.25, 0.3) is 11.8 Å². The monoisotopic (exact) mass is 318 g/mol. The highest BCUT2D eigenvalue weighted by molar-refractivity contribution is 6.07. The molecule has 0 atom stereocenters. The Bertz CT molecular complexity index is 965. The quantitative estimate of drug-likeness (QED) is 0.710. The lowest BCUT2D eigenvalue weighted by molar-refractivity contribution is 0.0847. The first-order chi connectivity index (χ1) is 11.6. The first-order valence-electron chi connectivity index (χ1n) is 7.25. The van der Waals surface area contributed by atoms with Crippen LogP contribution in [-0.2, 0) is 7.05 Å². The van der Waals surface area contributed by atoms with E-state index in [1.54, 1.807) is 18.3 Å². The Balaban J connectivity index is 1.72. The number of carbonyl (C=O) groups excluding carboxylic acids is 2. The zero-order valence-corrected chi connectivity index (χ0v) is 12.9. The van der Waals surface area contributed by atoms with Crippen LogP contribution in [0.4, 0.5) is 0 Å². The molecule has 2 amide bonds. The number of para-hydroxylation sites is 1. The van der Waals surface area contributed by atoms with Crippen LogP contribution in [0.15, 0.2) is 54.7 Å². The van der Waals surface area contributed by atoms with E-state index in [0.717, 1.165) is 10.9 Å². The summed E-state index contributed by atoms with van der Waals surface area (Å²) >= 11 is 0. The number of rotatable bonds is 2. The summed E-state index contributed by atoms with van der Waals surface area (Å²) in [6.45, 7) is 0. The number of nitriles is 1. The maximum Gasteiger partial charge on any atom is 0.271 e. The number of amides is 2. The number of hydrogen-bond acceptors (Lipinski definition) is 3. The summed E-state index contributed by atoms with van der Waals surface area (Å²) in [6, 6.07) is 15.6. The van der Waals surface area contributed by atoms with Crippen LogP contribution in [0.1, 0.15) is 26.3 Å². The Morgan fingerprint density at radius 3 is 2.38 bits per heavy atom. The van der Waals surface area contributed by atoms with Gasteiger partial charge in [-0.05, 0) is 30.3 Å². The molecule has 2 aromatic carbocycles. The highest BCUT2D eigenvalue weighted by atomic mass is 16.2. The summed E-state index contributed by atoms with van der Waals surface area (Å²) in [5.41, 5.74) is 7.02. The van der Waals surface area contributed by atoms with Crippen molar-refractivity contribution in [3.05, 3.63) is 71.4 Å². The van der Waals surface area contributed by atoms with Gasteiger partial charge in [-0.2, -0.15) is 5.26 Å². The molecule has 0 aliphatic rings. The van der Waals surface area contributed by atoms with Crippen molar-refractivity contribution < 1.29 is 9.59 Å². The first-order valence-corrected chi connectivity index (χ1v) is 7.25. The minimum absolute atomic E-state index is 0.354. The predicted octanol–water partition coefficient (Wildman–Crippen LogP) is 2.12. The van der Waals surface area contributed by atoms with Crippen LogP contribution in [-0.4, -0.2) is 16.4 Å². The van der Waals surface area contributed by atoms with E-state index in [0.29, 0.717) is 16.7 Å². The number of carbonyl (C=O) groups is 2. The molecule has 3 rings (SSSR count). The molecule has 0 saturated heterocycles. The van der Waals surface area contributed by atoms with E-state index in [2.05, 4.69) is 10.9 Å². The van der Waals surface area contributed by atoms with Crippen molar-refractivity contribution in [1.82, 2.24) is 15.4 Å². The minimum atomic E-state index is -0.451. The van der Waals surface area contributed by atoms with Crippen LogP contribution >= 0.6 is 0 Å². The summed E-state index contributed by atoms with van der Waals surface area (Å²) < 4.78 is 1.85. The average Bonchev–Trinajstić information content (AvgIpc) is 2.97. The van der Waals surface area contributed by atoms with E-state index in [-0.39, 0.29) is 0 Å². The fourth-order valence-electron chi connectivity index (χ4n) is 2.47. The van der Waals surface area contributed by atoms with Gasteiger partial charge >= 0.3 is 0 Å². The molecule has 2 N–H and O–H groups in total. The van der Waals surface area contributed by atoms with E-state index >= 15 is 0 Å². The molecule has 1 heterocycles. The second kappa shape index (κ2) is 6.26. The number of hydrogen-bond donors (Lipinski definition) is 2. The molecular weight excluding hydrogens is 304 g/mol. The number of benzene rings is 2. The molecular formula is C18H14N4O2. The fourth-order valence-corrected chi connectivity index (χ4v) is 2.47. The highest BCUT2D eigenvalue weighted by Crippen LogP contribution is 2.19. The summed E-state index contributed by atoms with van der Waals surface area (Å²) in [5.74, 6) is -0.845. The van der Waals surface area contributed by atoms with Gasteiger partial charge in [0.2, 0.25) is 0 Å². The second-order valence-electron chi connectivity index (χ2n) is 5.27. The summed E-state index contributed by atoms with van der Waals surface area (Å²) in [6.07, 6.45) is 1.72. The lowest BCUT2D eigenvalue weighted by Gasteiger charge is -2.07. The summed E-state index contributed by atoms with van der Waals surface area (Å²) in [5, 5.41) is 9.56. The van der Waals surface area contributed by atoms with Crippen molar-refractivity contribution in [3.8, 4) is 6.07 Å². The van der Waals surface area contributed by atoms with Crippen molar-refractivity contribution in [2.45, 2.75) is 0 Å². The molecule has 1 aromatic heterocycles. The van der Waals surface area contributed by atoms with E-state index in [9.17, 15) is 9.59 Å². The Labute approximate surface area is 138 Å². The SMILES string of the molecule is Cn1cc(C(=O)NNC(=O)c2ccc(C#N)cc2)c2ccccc21. The van der Waals surface area contributed by atoms with Crippen molar-refractivity contribution >= 4 is 22.7 Å². The average molecular weight is 318 g/mol. The smallest absolute Gasteiger partial charge is 0.271 e. The maximum absolute atomic E-state index is 12.3. The minimum Gasteiger partial charge on any atom is -0.350 e. The standard InChI is InChI=1S/C18H14N4O2/c1-22-11-15(14-4-2-3-5-16(14)22)18(24)21-20-17(23)13-8-6-12(10-19)7-9-13/h2-9,11H,1H3,(H,20,23)(H,21,24). The Hall–Kier alpha value is -3.59. The van der Waals surface area contributed by atoms with Crippen molar-refractivity contribution in [3.63, 3.8) is 0 Å². The van der Waals surface area contributed by atoms with Gasteiger partial charge in [0.15, 0.2) is 0 Å². The largest absolute Gasteiger partial charge is 0.350 e. The zero-order chi connectivity index (χ0) is 17.1. The van der Waals surface area contributed by atoms with Crippen molar-refractivity contribution in [1.29, 1.82) is 5.26 Å². The van der Waals surface area contributed by atoms with E-state index in [1.165, 1.54) is 12.1 Å². The van der Waals surface area contributed by atoms with Gasteiger partial charge in [-0.15, -0.1) is 0 Å². The Morgan fingerprint density at radius 1 is 1.00 bits per heavy atom. The number of nitrogens with one attached hydrogen (secondary N) is 2. The van der Waals surface area contributed by atoms with E-state index in [4.69, 9.17) is 5.26 Å². The van der Waals surface area contributed by atoms with Crippen LogP contribution in [0.3, 0.4) is 0 Å². The number of nitrogens with zero attached hydrogens (tertiary/aromatic N) is 2. The van der Waals surface area contributed by atoms with Gasteiger partial charge < -0.3 is 4.57 Å². The molecule has 0 fully saturated rings. The second-order valence-corrected chi connectivity index (χ2v) is 5.27. The van der Waals surface area contributed by atoms with Gasteiger partial charge in [-0.1, -0.05) is 18.2 Å². The van der Waals surface area contributed by atoms with Gasteiger partial charge in [0, 0.05) is 29.7 Å². The number of hydrazine groups is 1. The molecule has 24 heavy (non-hydrogen) atoms. The Morgan fingerprint density at radius 2 is 1.67 bits per heavy atom. The molecule has 3 aromatic rings. The third-order valence-corrected chi connectivity index (χ3v) is 3.71. The lowest BCUT2D eigenvalue weighted by Crippen LogP contribution is -2.41. The maximum atomic E-state index is 12.3. The van der Waals surface area contributed by atoms with Gasteiger partial charge in [-0.3, -0.25) is 20.4 Å². The predicted molar refractivity (Wildman–Crippen MR) is 89.0 cm³/mol. The molecule has 0 aliphatic heterocycles. The van der Waals surface area contributed by atoms with E-state index < -0.39 is 11.8 Å². The third kappa shape index (κ3) is 2.83. The topological polar surface area (TPSA) is 86.9 Å². The van der Waals surface area contributed by atoms with Gasteiger partial charge in [-0.25, -0.2) is 0 Å². The van der Waals surface area contributed by atoms with Gasteiger partial charge in [0.1, 0.15) is 0 Å². The number of aryl methyl sites for hydroxylation is 1. The molecule has 6 heteroatoms. The molecule has 0 bridgehead atoms. The number of fused-ring (bicyclic) bond motifs is 1.